The standard InChI is InChI=1S/C25H20BN/c1-2-9-20(10-3-1)19-27-25-16-7-5-12-22(25)17-18-26(27)24-15-8-13-21-11-4-6-14-23(21)24/h1-18H,19H2. The van der Waals surface area contributed by atoms with Gasteiger partial charge in [0.05, 0.1) is 0 Å². The summed E-state index contributed by atoms with van der Waals surface area (Å²) in [6.07, 6.45) is 2.27. The predicted octanol–water partition coefficient (Wildman–Crippen LogP) is 5.31. The normalized spacial score (nSPS) is 13.0. The van der Waals surface area contributed by atoms with Crippen molar-refractivity contribution in [1.82, 2.24) is 0 Å². The molecule has 4 aromatic rings. The zero-order chi connectivity index (χ0) is 18.1. The first-order chi connectivity index (χ1) is 13.4. The summed E-state index contributed by atoms with van der Waals surface area (Å²) in [6.45, 7) is 1.10. The van der Waals surface area contributed by atoms with Crippen LogP contribution in [0.5, 0.6) is 0 Å². The first-order valence-corrected chi connectivity index (χ1v) is 9.46. The average molecular weight is 345 g/mol. The van der Waals surface area contributed by atoms with Crippen molar-refractivity contribution in [2.45, 2.75) is 6.54 Å². The fourth-order valence-electron chi connectivity index (χ4n) is 4.08. The monoisotopic (exact) mass is 345 g/mol. The smallest absolute Gasteiger partial charge is 0.316 e. The average Bonchev–Trinajstić information content (AvgIpc) is 2.74. The number of benzene rings is 4. The molecule has 27 heavy (non-hydrogen) atoms. The van der Waals surface area contributed by atoms with Crippen LogP contribution in [-0.4, -0.2) is 6.85 Å². The van der Waals surface area contributed by atoms with Crippen molar-refractivity contribution in [3.8, 4) is 0 Å². The molecule has 0 fully saturated rings. The van der Waals surface area contributed by atoms with Crippen LogP contribution in [0.3, 0.4) is 0 Å². The summed E-state index contributed by atoms with van der Waals surface area (Å²) in [4.78, 5) is 2.52. The fraction of sp³-hybridized carbons (Fsp3) is 0.0400. The minimum absolute atomic E-state index is 0.214. The lowest BCUT2D eigenvalue weighted by molar-refractivity contribution is 1.02. The number of hydrogen-bond donors (Lipinski definition) is 0. The molecule has 0 saturated carbocycles. The van der Waals surface area contributed by atoms with Crippen LogP contribution in [0.25, 0.3) is 16.8 Å². The van der Waals surface area contributed by atoms with E-state index >= 15 is 0 Å². The van der Waals surface area contributed by atoms with Gasteiger partial charge in [-0.2, -0.15) is 0 Å². The van der Waals surface area contributed by atoms with Crippen LogP contribution in [0.4, 0.5) is 5.69 Å². The highest BCUT2D eigenvalue weighted by molar-refractivity contribution is 6.83. The van der Waals surface area contributed by atoms with Gasteiger partial charge < -0.3 is 4.81 Å². The van der Waals surface area contributed by atoms with Crippen molar-refractivity contribution in [3.05, 3.63) is 114 Å². The lowest BCUT2D eigenvalue weighted by Gasteiger charge is -2.35. The molecule has 0 unspecified atom stereocenters. The van der Waals surface area contributed by atoms with Gasteiger partial charge in [-0.05, 0) is 33.4 Å². The molecule has 2 heteroatoms. The van der Waals surface area contributed by atoms with Crippen LogP contribution in [0.15, 0.2) is 103 Å². The van der Waals surface area contributed by atoms with Gasteiger partial charge >= 0.3 is 6.85 Å². The van der Waals surface area contributed by atoms with E-state index in [0.29, 0.717) is 0 Å². The third kappa shape index (κ3) is 2.94. The van der Waals surface area contributed by atoms with Crippen molar-refractivity contribution in [2.24, 2.45) is 0 Å². The number of hydrogen-bond acceptors (Lipinski definition) is 1. The van der Waals surface area contributed by atoms with E-state index in [1.54, 1.807) is 0 Å². The molecule has 0 bridgehead atoms. The van der Waals surface area contributed by atoms with Gasteiger partial charge in [-0.1, -0.05) is 103 Å². The molecule has 1 aliphatic heterocycles. The molecule has 0 spiro atoms. The van der Waals surface area contributed by atoms with Gasteiger partial charge in [-0.25, -0.2) is 0 Å². The van der Waals surface area contributed by atoms with Crippen LogP contribution >= 0.6 is 0 Å². The molecular weight excluding hydrogens is 325 g/mol. The minimum Gasteiger partial charge on any atom is -0.403 e. The van der Waals surface area contributed by atoms with Crippen LogP contribution in [0, 0.1) is 0 Å². The van der Waals surface area contributed by atoms with Crippen LogP contribution in [0.2, 0.25) is 0 Å². The van der Waals surface area contributed by atoms with E-state index in [1.165, 1.54) is 33.0 Å². The zero-order valence-corrected chi connectivity index (χ0v) is 15.1. The van der Waals surface area contributed by atoms with Crippen molar-refractivity contribution in [1.29, 1.82) is 0 Å². The quantitative estimate of drug-likeness (QED) is 0.455. The summed E-state index contributed by atoms with van der Waals surface area (Å²) in [6, 6.07) is 34.7. The van der Waals surface area contributed by atoms with E-state index in [-0.39, 0.29) is 6.85 Å². The summed E-state index contributed by atoms with van der Waals surface area (Å²) in [5.74, 6) is 2.34. The first kappa shape index (κ1) is 16.0. The largest absolute Gasteiger partial charge is 0.403 e. The second-order valence-electron chi connectivity index (χ2n) is 7.04. The number of anilines is 1. The highest BCUT2D eigenvalue weighted by atomic mass is 15.1. The van der Waals surface area contributed by atoms with Crippen molar-refractivity contribution in [3.63, 3.8) is 0 Å². The molecule has 0 aliphatic carbocycles. The Balaban J connectivity index is 1.66. The van der Waals surface area contributed by atoms with Crippen molar-refractivity contribution < 1.29 is 0 Å². The van der Waals surface area contributed by atoms with Crippen LogP contribution in [0.1, 0.15) is 11.1 Å². The highest BCUT2D eigenvalue weighted by Gasteiger charge is 2.29. The van der Waals surface area contributed by atoms with Gasteiger partial charge in [0.15, 0.2) is 0 Å². The maximum absolute atomic E-state index is 2.52. The number of para-hydroxylation sites is 1. The third-order valence-corrected chi connectivity index (χ3v) is 5.38. The van der Waals surface area contributed by atoms with E-state index in [1.807, 2.05) is 0 Å². The van der Waals surface area contributed by atoms with Crippen molar-refractivity contribution >= 4 is 34.8 Å². The van der Waals surface area contributed by atoms with Gasteiger partial charge in [-0.15, -0.1) is 0 Å². The maximum Gasteiger partial charge on any atom is 0.316 e. The number of nitrogens with zero attached hydrogens (tertiary/aromatic N) is 1. The van der Waals surface area contributed by atoms with E-state index in [2.05, 4.69) is 114 Å². The molecule has 0 radical (unpaired) electrons. The molecule has 1 heterocycles. The Hall–Kier alpha value is -3.26. The summed E-state index contributed by atoms with van der Waals surface area (Å²) in [5.41, 5.74) is 5.26. The SMILES string of the molecule is C1=Cc2ccccc2N(Cc2ccccc2)B1c1cccc2ccccc12. The molecule has 4 aromatic carbocycles. The third-order valence-electron chi connectivity index (χ3n) is 5.38. The molecule has 1 aliphatic rings. The molecule has 0 saturated heterocycles. The minimum atomic E-state index is 0.214. The van der Waals surface area contributed by atoms with Gasteiger partial charge in [-0.3, -0.25) is 0 Å². The second-order valence-corrected chi connectivity index (χ2v) is 7.04. The summed E-state index contributed by atoms with van der Waals surface area (Å²) in [7, 11) is 0. The predicted molar refractivity (Wildman–Crippen MR) is 117 cm³/mol. The molecule has 0 amide bonds. The number of rotatable bonds is 3. The molecule has 0 N–H and O–H groups in total. The zero-order valence-electron chi connectivity index (χ0n) is 15.1. The molecule has 0 aromatic heterocycles. The van der Waals surface area contributed by atoms with Crippen LogP contribution < -0.4 is 10.3 Å². The summed E-state index contributed by atoms with van der Waals surface area (Å²) in [5, 5.41) is 2.62. The van der Waals surface area contributed by atoms with E-state index in [0.717, 1.165) is 6.54 Å². The first-order valence-electron chi connectivity index (χ1n) is 9.46. The Labute approximate surface area is 160 Å². The molecule has 1 nitrogen and oxygen atoms in total. The van der Waals surface area contributed by atoms with E-state index < -0.39 is 0 Å². The van der Waals surface area contributed by atoms with Gasteiger partial charge in [0.25, 0.3) is 0 Å². The van der Waals surface area contributed by atoms with Crippen molar-refractivity contribution in [2.75, 3.05) is 4.81 Å². The second kappa shape index (κ2) is 6.81. The Kier molecular flexibility index (Phi) is 4.02. The Bertz CT molecular complexity index is 1110. The van der Waals surface area contributed by atoms with Crippen LogP contribution in [-0.2, 0) is 6.54 Å². The maximum atomic E-state index is 2.52. The van der Waals surface area contributed by atoms with Gasteiger partial charge in [0, 0.05) is 12.2 Å². The fourth-order valence-corrected chi connectivity index (χ4v) is 4.08. The Morgan fingerprint density at radius 2 is 1.41 bits per heavy atom. The van der Waals surface area contributed by atoms with Gasteiger partial charge in [0.2, 0.25) is 0 Å². The van der Waals surface area contributed by atoms with E-state index in [4.69, 9.17) is 0 Å². The Morgan fingerprint density at radius 3 is 2.33 bits per heavy atom. The molecular formula is C25H20BN. The highest BCUT2D eigenvalue weighted by Crippen LogP contribution is 2.29. The summed E-state index contributed by atoms with van der Waals surface area (Å²) >= 11 is 0. The number of fused-ring (bicyclic) bond motifs is 2. The summed E-state index contributed by atoms with van der Waals surface area (Å²) < 4.78 is 0. The topological polar surface area (TPSA) is 3.24 Å². The lowest BCUT2D eigenvalue weighted by atomic mass is 9.51. The molecule has 128 valence electrons. The lowest BCUT2D eigenvalue weighted by Crippen LogP contribution is -2.48. The van der Waals surface area contributed by atoms with E-state index in [9.17, 15) is 0 Å². The molecule has 0 atom stereocenters. The van der Waals surface area contributed by atoms with Gasteiger partial charge in [0.1, 0.15) is 0 Å². The molecule has 5 rings (SSSR count). The Morgan fingerprint density at radius 1 is 0.667 bits per heavy atom.